The standard InChI is InChI=1S/C20H19ClN2O3/c21-16-6-2-1-5-15(16)13-25-19(24)14-9-11-23(12-10-14)20-22-17-7-3-4-8-18(17)26-20/h1-8,14H,9-13H2. The van der Waals surface area contributed by atoms with Gasteiger partial charge >= 0.3 is 5.97 Å². The van der Waals surface area contributed by atoms with Gasteiger partial charge in [0.1, 0.15) is 12.1 Å². The number of carbonyl (C=O) groups excluding carboxylic acids is 1. The first-order valence-electron chi connectivity index (χ1n) is 8.71. The van der Waals surface area contributed by atoms with Crippen molar-refractivity contribution in [2.45, 2.75) is 19.4 Å². The van der Waals surface area contributed by atoms with Gasteiger partial charge in [-0.25, -0.2) is 0 Å². The zero-order chi connectivity index (χ0) is 17.9. The van der Waals surface area contributed by atoms with E-state index in [4.69, 9.17) is 20.8 Å². The number of ether oxygens (including phenoxy) is 1. The second-order valence-electron chi connectivity index (χ2n) is 6.42. The highest BCUT2D eigenvalue weighted by atomic mass is 35.5. The van der Waals surface area contributed by atoms with Gasteiger partial charge in [-0.15, -0.1) is 0 Å². The molecular weight excluding hydrogens is 352 g/mol. The van der Waals surface area contributed by atoms with Gasteiger partial charge in [-0.1, -0.05) is 41.9 Å². The van der Waals surface area contributed by atoms with Crippen molar-refractivity contribution in [2.75, 3.05) is 18.0 Å². The Morgan fingerprint density at radius 3 is 2.65 bits per heavy atom. The SMILES string of the molecule is O=C(OCc1ccccc1Cl)C1CCN(c2nc3ccccc3o2)CC1. The van der Waals surface area contributed by atoms with Gasteiger partial charge < -0.3 is 14.1 Å². The highest BCUT2D eigenvalue weighted by Crippen LogP contribution is 2.27. The summed E-state index contributed by atoms with van der Waals surface area (Å²) in [5.41, 5.74) is 2.46. The molecule has 3 aromatic rings. The average Bonchev–Trinajstić information content (AvgIpc) is 3.11. The Bertz CT molecular complexity index is 883. The molecule has 0 atom stereocenters. The lowest BCUT2D eigenvalue weighted by Crippen LogP contribution is -2.37. The van der Waals surface area contributed by atoms with E-state index in [9.17, 15) is 4.79 Å². The molecule has 0 amide bonds. The largest absolute Gasteiger partial charge is 0.461 e. The molecule has 134 valence electrons. The second kappa shape index (κ2) is 7.38. The van der Waals surface area contributed by atoms with Gasteiger partial charge in [0.15, 0.2) is 5.58 Å². The van der Waals surface area contributed by atoms with Crippen LogP contribution in [0.2, 0.25) is 5.02 Å². The molecular formula is C20H19ClN2O3. The number of hydrogen-bond acceptors (Lipinski definition) is 5. The zero-order valence-corrected chi connectivity index (χ0v) is 15.0. The van der Waals surface area contributed by atoms with Gasteiger partial charge in [0, 0.05) is 23.7 Å². The van der Waals surface area contributed by atoms with E-state index in [-0.39, 0.29) is 18.5 Å². The molecule has 0 saturated carbocycles. The molecule has 1 fully saturated rings. The number of benzene rings is 2. The Balaban J connectivity index is 1.33. The molecule has 2 heterocycles. The average molecular weight is 371 g/mol. The van der Waals surface area contributed by atoms with E-state index in [1.54, 1.807) is 6.07 Å². The summed E-state index contributed by atoms with van der Waals surface area (Å²) < 4.78 is 11.3. The number of hydrogen-bond donors (Lipinski definition) is 0. The van der Waals surface area contributed by atoms with E-state index >= 15 is 0 Å². The summed E-state index contributed by atoms with van der Waals surface area (Å²) in [7, 11) is 0. The van der Waals surface area contributed by atoms with Crippen LogP contribution in [0.1, 0.15) is 18.4 Å². The van der Waals surface area contributed by atoms with E-state index in [1.807, 2.05) is 42.5 Å². The normalized spacial score (nSPS) is 15.3. The Morgan fingerprint density at radius 2 is 1.88 bits per heavy atom. The minimum absolute atomic E-state index is 0.0990. The summed E-state index contributed by atoms with van der Waals surface area (Å²) >= 11 is 6.10. The van der Waals surface area contributed by atoms with Crippen molar-refractivity contribution in [3.63, 3.8) is 0 Å². The molecule has 0 bridgehead atoms. The Kier molecular flexibility index (Phi) is 4.80. The molecule has 2 aromatic carbocycles. The fourth-order valence-corrected chi connectivity index (χ4v) is 3.37. The molecule has 26 heavy (non-hydrogen) atoms. The number of fused-ring (bicyclic) bond motifs is 1. The van der Waals surface area contributed by atoms with Crippen LogP contribution in [-0.2, 0) is 16.1 Å². The number of rotatable bonds is 4. The minimum atomic E-state index is -0.165. The number of para-hydroxylation sites is 2. The molecule has 0 radical (unpaired) electrons. The van der Waals surface area contributed by atoms with Gasteiger partial charge in [0.25, 0.3) is 6.01 Å². The smallest absolute Gasteiger partial charge is 0.309 e. The molecule has 0 N–H and O–H groups in total. The third-order valence-corrected chi connectivity index (χ3v) is 5.08. The quantitative estimate of drug-likeness (QED) is 0.635. The number of halogens is 1. The molecule has 0 unspecified atom stereocenters. The predicted molar refractivity (Wildman–Crippen MR) is 100 cm³/mol. The maximum Gasteiger partial charge on any atom is 0.309 e. The van der Waals surface area contributed by atoms with Gasteiger partial charge in [0.05, 0.1) is 5.92 Å². The fraction of sp³-hybridized carbons (Fsp3) is 0.300. The maximum absolute atomic E-state index is 12.3. The highest BCUT2D eigenvalue weighted by Gasteiger charge is 2.28. The third-order valence-electron chi connectivity index (χ3n) is 4.71. The number of nitrogens with zero attached hydrogens (tertiary/aromatic N) is 2. The van der Waals surface area contributed by atoms with Crippen molar-refractivity contribution < 1.29 is 13.9 Å². The van der Waals surface area contributed by atoms with Crippen molar-refractivity contribution in [2.24, 2.45) is 5.92 Å². The van der Waals surface area contributed by atoms with E-state index < -0.39 is 0 Å². The summed E-state index contributed by atoms with van der Waals surface area (Å²) in [6.07, 6.45) is 1.44. The van der Waals surface area contributed by atoms with Gasteiger partial charge in [-0.2, -0.15) is 4.98 Å². The van der Waals surface area contributed by atoms with Gasteiger partial charge in [-0.05, 0) is 31.0 Å². The predicted octanol–water partition coefficient (Wildman–Crippen LogP) is 4.44. The zero-order valence-electron chi connectivity index (χ0n) is 14.2. The lowest BCUT2D eigenvalue weighted by molar-refractivity contribution is -0.150. The Morgan fingerprint density at radius 1 is 1.15 bits per heavy atom. The number of piperidine rings is 1. The molecule has 6 heteroatoms. The number of aromatic nitrogens is 1. The number of anilines is 1. The lowest BCUT2D eigenvalue weighted by Gasteiger charge is -2.29. The van der Waals surface area contributed by atoms with Crippen LogP contribution in [0.15, 0.2) is 52.9 Å². The van der Waals surface area contributed by atoms with Gasteiger partial charge in [-0.3, -0.25) is 4.79 Å². The maximum atomic E-state index is 12.3. The van der Waals surface area contributed by atoms with Crippen LogP contribution in [0, 0.1) is 5.92 Å². The first kappa shape index (κ1) is 16.9. The molecule has 0 spiro atoms. The molecule has 0 aliphatic carbocycles. The minimum Gasteiger partial charge on any atom is -0.461 e. The summed E-state index contributed by atoms with van der Waals surface area (Å²) in [5, 5.41) is 0.617. The summed E-state index contributed by atoms with van der Waals surface area (Å²) in [6, 6.07) is 15.7. The van der Waals surface area contributed by atoms with E-state index in [1.165, 1.54) is 0 Å². The lowest BCUT2D eigenvalue weighted by atomic mass is 9.97. The van der Waals surface area contributed by atoms with E-state index in [0.29, 0.717) is 11.0 Å². The topological polar surface area (TPSA) is 55.6 Å². The van der Waals surface area contributed by atoms with E-state index in [0.717, 1.165) is 42.6 Å². The summed E-state index contributed by atoms with van der Waals surface area (Å²) in [6.45, 7) is 1.65. The van der Waals surface area contributed by atoms with Crippen molar-refractivity contribution in [1.29, 1.82) is 0 Å². The summed E-state index contributed by atoms with van der Waals surface area (Å²) in [5.74, 6) is -0.264. The van der Waals surface area contributed by atoms with Crippen molar-refractivity contribution in [3.05, 3.63) is 59.1 Å². The van der Waals surface area contributed by atoms with Crippen LogP contribution in [0.3, 0.4) is 0 Å². The molecule has 4 rings (SSSR count). The van der Waals surface area contributed by atoms with Crippen LogP contribution < -0.4 is 4.90 Å². The molecule has 1 saturated heterocycles. The van der Waals surface area contributed by atoms with Crippen molar-refractivity contribution in [3.8, 4) is 0 Å². The number of carbonyl (C=O) groups is 1. The fourth-order valence-electron chi connectivity index (χ4n) is 3.18. The first-order chi connectivity index (χ1) is 12.7. The van der Waals surface area contributed by atoms with Crippen molar-refractivity contribution >= 4 is 34.7 Å². The highest BCUT2D eigenvalue weighted by molar-refractivity contribution is 6.31. The van der Waals surface area contributed by atoms with Crippen LogP contribution in [0.25, 0.3) is 11.1 Å². The summed E-state index contributed by atoms with van der Waals surface area (Å²) in [4.78, 5) is 18.9. The molecule has 1 aliphatic rings. The van der Waals surface area contributed by atoms with Crippen LogP contribution in [0.5, 0.6) is 0 Å². The molecule has 5 nitrogen and oxygen atoms in total. The number of esters is 1. The third kappa shape index (κ3) is 3.53. The second-order valence-corrected chi connectivity index (χ2v) is 6.83. The Hall–Kier alpha value is -2.53. The first-order valence-corrected chi connectivity index (χ1v) is 9.09. The number of oxazole rings is 1. The Labute approximate surface area is 156 Å². The van der Waals surface area contributed by atoms with E-state index in [2.05, 4.69) is 9.88 Å². The van der Waals surface area contributed by atoms with Gasteiger partial charge in [0.2, 0.25) is 0 Å². The molecule has 1 aliphatic heterocycles. The van der Waals surface area contributed by atoms with Crippen LogP contribution in [-0.4, -0.2) is 24.0 Å². The monoisotopic (exact) mass is 370 g/mol. The van der Waals surface area contributed by atoms with Crippen molar-refractivity contribution in [1.82, 2.24) is 4.98 Å². The molecule has 1 aromatic heterocycles. The van der Waals surface area contributed by atoms with Crippen LogP contribution >= 0.6 is 11.6 Å². The van der Waals surface area contributed by atoms with Crippen LogP contribution in [0.4, 0.5) is 6.01 Å².